The zero-order chi connectivity index (χ0) is 13.1. The molecule has 1 saturated heterocycles. The van der Waals surface area contributed by atoms with Gasteiger partial charge in [-0.05, 0) is 6.07 Å². The molecule has 96 valence electrons. The molecular formula is C11H12N2O5. The molecule has 1 aliphatic rings. The normalized spacial score (nSPS) is 15.1. The van der Waals surface area contributed by atoms with Gasteiger partial charge in [0.25, 0.3) is 11.6 Å². The van der Waals surface area contributed by atoms with E-state index in [0.29, 0.717) is 13.1 Å². The molecule has 1 aromatic carbocycles. The Labute approximate surface area is 103 Å². The van der Waals surface area contributed by atoms with Crippen molar-refractivity contribution in [2.45, 2.75) is 6.10 Å². The predicted molar refractivity (Wildman–Crippen MR) is 61.2 cm³/mol. The molecule has 0 radical (unpaired) electrons. The van der Waals surface area contributed by atoms with Crippen LogP contribution in [0.4, 0.5) is 5.69 Å². The molecule has 1 aromatic rings. The van der Waals surface area contributed by atoms with Crippen molar-refractivity contribution in [3.05, 3.63) is 34.4 Å². The lowest BCUT2D eigenvalue weighted by atomic mass is 10.2. The lowest BCUT2D eigenvalue weighted by Crippen LogP contribution is -2.54. The molecule has 1 aliphatic heterocycles. The van der Waals surface area contributed by atoms with E-state index in [4.69, 9.17) is 9.84 Å². The average molecular weight is 252 g/mol. The maximum absolute atomic E-state index is 11.5. The molecule has 0 bridgehead atoms. The van der Waals surface area contributed by atoms with Crippen molar-refractivity contribution in [2.75, 3.05) is 19.7 Å². The molecule has 7 nitrogen and oxygen atoms in total. The first-order chi connectivity index (χ1) is 8.56. The first-order valence-electron chi connectivity index (χ1n) is 5.39. The molecule has 0 aliphatic carbocycles. The summed E-state index contributed by atoms with van der Waals surface area (Å²) in [7, 11) is 0. The second kappa shape index (κ2) is 5.01. The van der Waals surface area contributed by atoms with E-state index in [0.717, 1.165) is 0 Å². The topological polar surface area (TPSA) is 92.9 Å². The monoisotopic (exact) mass is 252 g/mol. The van der Waals surface area contributed by atoms with Crippen molar-refractivity contribution >= 4 is 11.6 Å². The summed E-state index contributed by atoms with van der Waals surface area (Å²) in [4.78, 5) is 23.0. The van der Waals surface area contributed by atoms with Crippen LogP contribution < -0.4 is 4.74 Å². The molecule has 1 N–H and O–H groups in total. The number of hydrogen-bond acceptors (Lipinski definition) is 5. The summed E-state index contributed by atoms with van der Waals surface area (Å²) in [5.74, 6) is 0.0328. The molecule has 1 amide bonds. The first-order valence-corrected chi connectivity index (χ1v) is 5.39. The van der Waals surface area contributed by atoms with Crippen LogP contribution in [0.5, 0.6) is 5.75 Å². The number of nitro groups is 1. The smallest absolute Gasteiger partial charge is 0.273 e. The summed E-state index contributed by atoms with van der Waals surface area (Å²) in [6, 6.07) is 5.65. The molecule has 0 saturated carbocycles. The van der Waals surface area contributed by atoms with Crippen molar-refractivity contribution in [3.8, 4) is 5.75 Å². The Balaban J connectivity index is 1.88. The second-order valence-electron chi connectivity index (χ2n) is 4.00. The highest BCUT2D eigenvalue weighted by atomic mass is 16.6. The standard InChI is InChI=1S/C11H12N2O5/c14-9-5-12(6-9)11(15)7-18-10-3-1-2-8(4-10)13(16)17/h1-4,9,14H,5-7H2. The van der Waals surface area contributed by atoms with Gasteiger partial charge in [0.05, 0.1) is 17.1 Å². The zero-order valence-corrected chi connectivity index (χ0v) is 9.48. The lowest BCUT2D eigenvalue weighted by molar-refractivity contribution is -0.384. The fraction of sp³-hybridized carbons (Fsp3) is 0.364. The van der Waals surface area contributed by atoms with Crippen molar-refractivity contribution < 1.29 is 19.6 Å². The van der Waals surface area contributed by atoms with Gasteiger partial charge < -0.3 is 14.7 Å². The number of ether oxygens (including phenoxy) is 1. The molecule has 0 unspecified atom stereocenters. The summed E-state index contributed by atoms with van der Waals surface area (Å²) in [6.45, 7) is 0.447. The number of likely N-dealkylation sites (tertiary alicyclic amines) is 1. The quantitative estimate of drug-likeness (QED) is 0.609. The number of aliphatic hydroxyl groups is 1. The van der Waals surface area contributed by atoms with Crippen molar-refractivity contribution in [1.29, 1.82) is 0 Å². The fourth-order valence-electron chi connectivity index (χ4n) is 1.58. The number of benzene rings is 1. The van der Waals surface area contributed by atoms with Crippen molar-refractivity contribution in [3.63, 3.8) is 0 Å². The minimum absolute atomic E-state index is 0.0840. The first kappa shape index (κ1) is 12.3. The Kier molecular flexibility index (Phi) is 3.42. The van der Waals surface area contributed by atoms with Gasteiger partial charge in [-0.3, -0.25) is 14.9 Å². The number of aliphatic hydroxyl groups excluding tert-OH is 1. The number of hydrogen-bond donors (Lipinski definition) is 1. The third kappa shape index (κ3) is 2.75. The van der Waals surface area contributed by atoms with Gasteiger partial charge in [-0.1, -0.05) is 6.07 Å². The van der Waals surface area contributed by atoms with Crippen LogP contribution in [0.1, 0.15) is 0 Å². The van der Waals surface area contributed by atoms with Crippen LogP contribution in [-0.2, 0) is 4.79 Å². The van der Waals surface area contributed by atoms with Crippen LogP contribution >= 0.6 is 0 Å². The summed E-state index contributed by atoms with van der Waals surface area (Å²) < 4.78 is 5.17. The maximum Gasteiger partial charge on any atom is 0.273 e. The van der Waals surface area contributed by atoms with Crippen LogP contribution in [0.25, 0.3) is 0 Å². The zero-order valence-electron chi connectivity index (χ0n) is 9.48. The number of nitrogens with zero attached hydrogens (tertiary/aromatic N) is 2. The van der Waals surface area contributed by atoms with Crippen LogP contribution in [0.15, 0.2) is 24.3 Å². The number of amides is 1. The molecule has 0 atom stereocenters. The van der Waals surface area contributed by atoms with Crippen LogP contribution in [-0.4, -0.2) is 46.6 Å². The van der Waals surface area contributed by atoms with E-state index < -0.39 is 11.0 Å². The van der Waals surface area contributed by atoms with E-state index in [2.05, 4.69) is 0 Å². The molecule has 18 heavy (non-hydrogen) atoms. The molecule has 7 heteroatoms. The number of β-amino-alcohol motifs (C(OH)–C–C–N with tert-alkyl or cyclic N) is 1. The van der Waals surface area contributed by atoms with Gasteiger partial charge in [0.15, 0.2) is 6.61 Å². The van der Waals surface area contributed by atoms with E-state index in [1.807, 2.05) is 0 Å². The fourth-order valence-corrected chi connectivity index (χ4v) is 1.58. The highest BCUT2D eigenvalue weighted by Crippen LogP contribution is 2.19. The summed E-state index contributed by atoms with van der Waals surface area (Å²) in [5.41, 5.74) is -0.0840. The summed E-state index contributed by atoms with van der Waals surface area (Å²) in [5, 5.41) is 19.6. The molecule has 0 aromatic heterocycles. The molecule has 0 spiro atoms. The number of non-ortho nitro benzene ring substituents is 1. The summed E-state index contributed by atoms with van der Waals surface area (Å²) in [6.07, 6.45) is -0.452. The second-order valence-corrected chi connectivity index (χ2v) is 4.00. The Morgan fingerprint density at radius 2 is 2.28 bits per heavy atom. The number of carbonyl (C=O) groups is 1. The minimum atomic E-state index is -0.527. The number of carbonyl (C=O) groups excluding carboxylic acids is 1. The largest absolute Gasteiger partial charge is 0.484 e. The molecule has 1 heterocycles. The van der Waals surface area contributed by atoms with E-state index >= 15 is 0 Å². The molecule has 2 rings (SSSR count). The van der Waals surface area contributed by atoms with Crippen molar-refractivity contribution in [1.82, 2.24) is 4.90 Å². The lowest BCUT2D eigenvalue weighted by Gasteiger charge is -2.35. The third-order valence-corrected chi connectivity index (χ3v) is 2.61. The van der Waals surface area contributed by atoms with Gasteiger partial charge in [-0.25, -0.2) is 0 Å². The van der Waals surface area contributed by atoms with Gasteiger partial charge in [-0.2, -0.15) is 0 Å². The minimum Gasteiger partial charge on any atom is -0.484 e. The van der Waals surface area contributed by atoms with Gasteiger partial charge in [0.1, 0.15) is 5.75 Å². The maximum atomic E-state index is 11.5. The predicted octanol–water partition coefficient (Wildman–Crippen LogP) is 0.177. The number of rotatable bonds is 4. The number of nitro benzene ring substituents is 1. The summed E-state index contributed by atoms with van der Waals surface area (Å²) >= 11 is 0. The Bertz CT molecular complexity index is 470. The van der Waals surface area contributed by atoms with Crippen molar-refractivity contribution in [2.24, 2.45) is 0 Å². The highest BCUT2D eigenvalue weighted by molar-refractivity contribution is 5.78. The van der Waals surface area contributed by atoms with E-state index in [9.17, 15) is 14.9 Å². The highest BCUT2D eigenvalue weighted by Gasteiger charge is 2.28. The van der Waals surface area contributed by atoms with E-state index in [1.165, 1.54) is 23.1 Å². The van der Waals surface area contributed by atoms with Gasteiger partial charge in [0.2, 0.25) is 0 Å². The van der Waals surface area contributed by atoms with Crippen LogP contribution in [0.3, 0.4) is 0 Å². The van der Waals surface area contributed by atoms with Gasteiger partial charge in [-0.15, -0.1) is 0 Å². The van der Waals surface area contributed by atoms with E-state index in [-0.39, 0.29) is 24.0 Å². The Hall–Kier alpha value is -2.15. The average Bonchev–Trinajstić information content (AvgIpc) is 2.32. The van der Waals surface area contributed by atoms with Crippen LogP contribution in [0, 0.1) is 10.1 Å². The Morgan fingerprint density at radius 1 is 1.56 bits per heavy atom. The Morgan fingerprint density at radius 3 is 2.89 bits per heavy atom. The van der Waals surface area contributed by atoms with E-state index in [1.54, 1.807) is 6.07 Å². The molecule has 1 fully saturated rings. The SMILES string of the molecule is O=C(COc1cccc([N+](=O)[O-])c1)N1CC(O)C1. The molecular weight excluding hydrogens is 240 g/mol. The van der Waals surface area contributed by atoms with Crippen LogP contribution in [0.2, 0.25) is 0 Å². The third-order valence-electron chi connectivity index (χ3n) is 2.61. The van der Waals surface area contributed by atoms with Gasteiger partial charge >= 0.3 is 0 Å². The van der Waals surface area contributed by atoms with Gasteiger partial charge in [0, 0.05) is 19.2 Å².